The van der Waals surface area contributed by atoms with E-state index in [1.54, 1.807) is 6.07 Å². The van der Waals surface area contributed by atoms with Gasteiger partial charge >= 0.3 is 6.09 Å². The van der Waals surface area contributed by atoms with E-state index in [-0.39, 0.29) is 53.5 Å². The normalized spacial score (nSPS) is 22.9. The van der Waals surface area contributed by atoms with Crippen LogP contribution >= 0.6 is 0 Å². The fraction of sp³-hybridized carbons (Fsp3) is 0.480. The number of amides is 1. The Labute approximate surface area is 219 Å². The zero-order valence-electron chi connectivity index (χ0n) is 20.9. The first-order valence-corrected chi connectivity index (χ1v) is 12.5. The number of nitrogens with zero attached hydrogens (tertiary/aromatic N) is 4. The van der Waals surface area contributed by atoms with E-state index in [4.69, 9.17) is 24.4 Å². The molecule has 0 spiro atoms. The van der Waals surface area contributed by atoms with E-state index in [1.165, 1.54) is 31.9 Å². The Kier molecular flexibility index (Phi) is 7.82. The minimum atomic E-state index is -0.532. The lowest BCUT2D eigenvalue weighted by molar-refractivity contribution is -0.0985. The number of nitrogens with one attached hydrogen (secondary N) is 3. The van der Waals surface area contributed by atoms with Gasteiger partial charge in [-0.3, -0.25) is 10.3 Å². The Bertz CT molecular complexity index is 1180. The fourth-order valence-electron chi connectivity index (χ4n) is 4.81. The van der Waals surface area contributed by atoms with Crippen LogP contribution in [0.4, 0.5) is 26.4 Å². The second kappa shape index (κ2) is 11.6. The highest BCUT2D eigenvalue weighted by Crippen LogP contribution is 2.37. The molecule has 2 aliphatic heterocycles. The van der Waals surface area contributed by atoms with E-state index in [9.17, 15) is 9.18 Å². The Hall–Kier alpha value is -4.00. The van der Waals surface area contributed by atoms with Crippen LogP contribution in [0.25, 0.3) is 0 Å². The van der Waals surface area contributed by atoms with Crippen molar-refractivity contribution in [3.05, 3.63) is 30.3 Å². The number of aromatic nitrogens is 2. The van der Waals surface area contributed by atoms with E-state index in [0.717, 1.165) is 25.6 Å². The molecule has 1 saturated carbocycles. The number of piperidine rings is 1. The van der Waals surface area contributed by atoms with E-state index in [2.05, 4.69) is 25.6 Å². The Morgan fingerprint density at radius 1 is 1.24 bits per heavy atom. The van der Waals surface area contributed by atoms with Crippen molar-refractivity contribution < 1.29 is 28.1 Å². The standard InChI is InChI=1S/C25H30FN7O5/c1-35-22-23(32-21-6-5-15(7-20(21)26)29-13-28-12-27)30-14-31-24(22)37-19-8-16-10-36-11-17(9-19)33(16)25(34)38-18-3-2-4-18/h5-7,12-14,16-19H,2-4,8-11H2,1H3,(H2,27,28,29)(H,30,31,32). The SMILES string of the molecule is COc1c(Nc2ccc(N/C=N\C=N)cc2F)ncnc1OC1CC2COCC(C1)N2C(=O)OC1CCC1. The molecule has 1 aromatic heterocycles. The van der Waals surface area contributed by atoms with Crippen molar-refractivity contribution in [2.45, 2.75) is 56.4 Å². The first kappa shape index (κ1) is 25.6. The molecule has 38 heavy (non-hydrogen) atoms. The number of ether oxygens (including phenoxy) is 4. The van der Waals surface area contributed by atoms with Gasteiger partial charge in [0.1, 0.15) is 30.7 Å². The molecule has 5 rings (SSSR count). The molecular formula is C25H30FN7O5. The molecule has 3 aliphatic rings. The van der Waals surface area contributed by atoms with Gasteiger partial charge in [0, 0.05) is 18.5 Å². The van der Waals surface area contributed by atoms with Gasteiger partial charge in [-0.15, -0.1) is 0 Å². The van der Waals surface area contributed by atoms with Gasteiger partial charge in [0.05, 0.1) is 44.4 Å². The largest absolute Gasteiger partial charge is 0.489 e. The lowest BCUT2D eigenvalue weighted by atomic mass is 9.92. The number of halogens is 1. The summed E-state index contributed by atoms with van der Waals surface area (Å²) >= 11 is 0. The molecule has 1 aliphatic carbocycles. The van der Waals surface area contributed by atoms with Crippen LogP contribution in [0.15, 0.2) is 29.5 Å². The zero-order valence-corrected chi connectivity index (χ0v) is 20.9. The molecule has 13 heteroatoms. The van der Waals surface area contributed by atoms with Crippen LogP contribution in [-0.2, 0) is 9.47 Å². The number of carbonyl (C=O) groups excluding carboxylic acids is 1. The number of rotatable bonds is 9. The number of carbonyl (C=O) groups is 1. The molecule has 2 atom stereocenters. The predicted octanol–water partition coefficient (Wildman–Crippen LogP) is 3.71. The molecule has 3 fully saturated rings. The molecule has 12 nitrogen and oxygen atoms in total. The first-order chi connectivity index (χ1) is 18.6. The van der Waals surface area contributed by atoms with Crippen molar-refractivity contribution in [2.24, 2.45) is 4.99 Å². The van der Waals surface area contributed by atoms with Gasteiger partial charge in [-0.05, 0) is 37.5 Å². The minimum absolute atomic E-state index is 0.0211. The molecule has 1 amide bonds. The number of fused-ring (bicyclic) bond motifs is 2. The van der Waals surface area contributed by atoms with Gasteiger partial charge < -0.3 is 29.6 Å². The lowest BCUT2D eigenvalue weighted by Crippen LogP contribution is -2.61. The Balaban J connectivity index is 1.27. The van der Waals surface area contributed by atoms with E-state index in [0.29, 0.717) is 31.7 Å². The first-order valence-electron chi connectivity index (χ1n) is 12.5. The summed E-state index contributed by atoms with van der Waals surface area (Å²) in [6, 6.07) is 4.16. The summed E-state index contributed by atoms with van der Waals surface area (Å²) in [4.78, 5) is 26.7. The average Bonchev–Trinajstić information content (AvgIpc) is 2.87. The third kappa shape index (κ3) is 5.62. The molecule has 3 N–H and O–H groups in total. The highest BCUT2D eigenvalue weighted by molar-refractivity contribution is 5.81. The van der Waals surface area contributed by atoms with E-state index >= 15 is 0 Å². The maximum atomic E-state index is 14.7. The van der Waals surface area contributed by atoms with Gasteiger partial charge in [-0.1, -0.05) is 0 Å². The number of hydrogen-bond acceptors (Lipinski definition) is 9. The second-order valence-electron chi connectivity index (χ2n) is 9.33. The van der Waals surface area contributed by atoms with Crippen LogP contribution in [0.3, 0.4) is 0 Å². The van der Waals surface area contributed by atoms with E-state index in [1.807, 2.05) is 4.90 Å². The maximum Gasteiger partial charge on any atom is 0.410 e. The van der Waals surface area contributed by atoms with Crippen molar-refractivity contribution in [1.82, 2.24) is 14.9 Å². The predicted molar refractivity (Wildman–Crippen MR) is 137 cm³/mol. The third-order valence-corrected chi connectivity index (χ3v) is 6.86. The highest BCUT2D eigenvalue weighted by atomic mass is 19.1. The average molecular weight is 528 g/mol. The molecule has 0 radical (unpaired) electrons. The summed E-state index contributed by atoms with van der Waals surface area (Å²) in [7, 11) is 1.46. The summed E-state index contributed by atoms with van der Waals surface area (Å²) in [5.41, 5.74) is 0.641. The van der Waals surface area contributed by atoms with Crippen molar-refractivity contribution in [3.63, 3.8) is 0 Å². The van der Waals surface area contributed by atoms with Crippen molar-refractivity contribution in [2.75, 3.05) is 31.0 Å². The van der Waals surface area contributed by atoms with Crippen molar-refractivity contribution in [1.29, 1.82) is 5.41 Å². The molecule has 2 bridgehead atoms. The molecular weight excluding hydrogens is 497 g/mol. The van der Waals surface area contributed by atoms with Crippen LogP contribution in [0.2, 0.25) is 0 Å². The van der Waals surface area contributed by atoms with Gasteiger partial charge in [-0.2, -0.15) is 4.98 Å². The summed E-state index contributed by atoms with van der Waals surface area (Å²) in [6.45, 7) is 0.836. The summed E-state index contributed by atoms with van der Waals surface area (Å²) in [5, 5.41) is 12.6. The topological polar surface area (TPSA) is 143 Å². The molecule has 3 heterocycles. The Morgan fingerprint density at radius 3 is 2.68 bits per heavy atom. The molecule has 202 valence electrons. The van der Waals surface area contributed by atoms with Crippen LogP contribution in [-0.4, -0.2) is 78.3 Å². The maximum absolute atomic E-state index is 14.7. The Morgan fingerprint density at radius 2 is 2.03 bits per heavy atom. The van der Waals surface area contributed by atoms with Gasteiger partial charge in [-0.25, -0.2) is 19.2 Å². The molecule has 2 saturated heterocycles. The number of methoxy groups -OCH3 is 1. The quantitative estimate of drug-likeness (QED) is 0.328. The number of benzene rings is 1. The summed E-state index contributed by atoms with van der Waals surface area (Å²) < 4.78 is 37.9. The highest BCUT2D eigenvalue weighted by Gasteiger charge is 2.44. The summed E-state index contributed by atoms with van der Waals surface area (Å²) in [6.07, 6.45) is 7.03. The fourth-order valence-corrected chi connectivity index (χ4v) is 4.81. The third-order valence-electron chi connectivity index (χ3n) is 6.86. The smallest absolute Gasteiger partial charge is 0.410 e. The van der Waals surface area contributed by atoms with Gasteiger partial charge in [0.2, 0.25) is 5.75 Å². The molecule has 2 unspecified atom stereocenters. The van der Waals surface area contributed by atoms with Crippen LogP contribution < -0.4 is 20.1 Å². The zero-order chi connectivity index (χ0) is 26.5. The van der Waals surface area contributed by atoms with Crippen LogP contribution in [0.5, 0.6) is 11.6 Å². The molecule has 2 aromatic rings. The van der Waals surface area contributed by atoms with Crippen molar-refractivity contribution in [3.8, 4) is 11.6 Å². The second-order valence-corrected chi connectivity index (χ2v) is 9.33. The lowest BCUT2D eigenvalue weighted by Gasteiger charge is -2.47. The summed E-state index contributed by atoms with van der Waals surface area (Å²) in [5.74, 6) is 0.171. The number of morpholine rings is 1. The number of anilines is 3. The minimum Gasteiger partial charge on any atom is -0.489 e. The van der Waals surface area contributed by atoms with Gasteiger partial charge in [0.25, 0.3) is 5.88 Å². The molecule has 1 aromatic carbocycles. The van der Waals surface area contributed by atoms with Gasteiger partial charge in [0.15, 0.2) is 5.82 Å². The number of aliphatic imine (C=N–C) groups is 1. The van der Waals surface area contributed by atoms with Crippen LogP contribution in [0.1, 0.15) is 32.1 Å². The monoisotopic (exact) mass is 527 g/mol. The van der Waals surface area contributed by atoms with E-state index < -0.39 is 5.82 Å². The van der Waals surface area contributed by atoms with Crippen LogP contribution in [0, 0.1) is 11.2 Å². The number of hydrogen-bond donors (Lipinski definition) is 3. The van der Waals surface area contributed by atoms with Crippen molar-refractivity contribution >= 4 is 36.0 Å².